The molecule has 0 heterocycles. The molecule has 0 rings (SSSR count). The lowest BCUT2D eigenvalue weighted by atomic mass is 10.2. The van der Waals surface area contributed by atoms with Gasteiger partial charge in [-0.25, -0.2) is 10.2 Å². The van der Waals surface area contributed by atoms with Crippen molar-refractivity contribution in [1.29, 1.82) is 0 Å². The molecule has 0 aliphatic carbocycles. The van der Waals surface area contributed by atoms with Crippen LogP contribution in [0, 0.1) is 0 Å². The van der Waals surface area contributed by atoms with Gasteiger partial charge in [-0.2, -0.15) is 0 Å². The van der Waals surface area contributed by atoms with Gasteiger partial charge in [0.2, 0.25) is 5.90 Å². The Bertz CT molecular complexity index is 205. The van der Waals surface area contributed by atoms with E-state index >= 15 is 0 Å². The van der Waals surface area contributed by atoms with Gasteiger partial charge in [-0.1, -0.05) is 13.3 Å². The van der Waals surface area contributed by atoms with Gasteiger partial charge in [-0.15, -0.1) is 5.10 Å². The number of amides is 1. The van der Waals surface area contributed by atoms with Crippen molar-refractivity contribution in [2.24, 2.45) is 5.10 Å². The number of carbonyl (C=O) groups is 1. The Balaban J connectivity index is 3.97. The SMILES string of the molecule is CCCCC(=NNC(=O)OCC)OCC. The number of nitrogens with zero attached hydrogens (tertiary/aromatic N) is 1. The zero-order valence-corrected chi connectivity index (χ0v) is 9.71. The molecule has 0 spiro atoms. The first-order valence-corrected chi connectivity index (χ1v) is 5.36. The zero-order valence-electron chi connectivity index (χ0n) is 9.71. The molecule has 5 heteroatoms. The van der Waals surface area contributed by atoms with Crippen LogP contribution in [0.3, 0.4) is 0 Å². The molecule has 1 N–H and O–H groups in total. The number of unbranched alkanes of at least 4 members (excludes halogenated alkanes) is 1. The predicted molar refractivity (Wildman–Crippen MR) is 58.7 cm³/mol. The van der Waals surface area contributed by atoms with Crippen molar-refractivity contribution >= 4 is 12.0 Å². The van der Waals surface area contributed by atoms with Crippen LogP contribution in [0.5, 0.6) is 0 Å². The number of rotatable bonds is 6. The monoisotopic (exact) mass is 216 g/mol. The van der Waals surface area contributed by atoms with Crippen LogP contribution in [0.15, 0.2) is 5.10 Å². The molecule has 5 nitrogen and oxygen atoms in total. The van der Waals surface area contributed by atoms with Crippen molar-refractivity contribution in [3.8, 4) is 0 Å². The Morgan fingerprint density at radius 2 is 1.87 bits per heavy atom. The number of hydrogen-bond acceptors (Lipinski definition) is 4. The Kier molecular flexibility index (Phi) is 8.52. The van der Waals surface area contributed by atoms with Crippen molar-refractivity contribution in [2.75, 3.05) is 13.2 Å². The first-order valence-electron chi connectivity index (χ1n) is 5.36. The highest BCUT2D eigenvalue weighted by atomic mass is 16.6. The quantitative estimate of drug-likeness (QED) is 0.421. The normalized spacial score (nSPS) is 11.0. The summed E-state index contributed by atoms with van der Waals surface area (Å²) in [4.78, 5) is 10.9. The molecule has 0 aromatic rings. The summed E-state index contributed by atoms with van der Waals surface area (Å²) in [5.74, 6) is 0.549. The van der Waals surface area contributed by atoms with Gasteiger partial charge < -0.3 is 9.47 Å². The van der Waals surface area contributed by atoms with Crippen molar-refractivity contribution in [3.05, 3.63) is 0 Å². The molecule has 0 aliphatic rings. The van der Waals surface area contributed by atoms with Gasteiger partial charge in [0.15, 0.2) is 0 Å². The molecule has 0 saturated heterocycles. The molecule has 0 bridgehead atoms. The van der Waals surface area contributed by atoms with E-state index in [0.717, 1.165) is 19.3 Å². The number of hydrazone groups is 1. The van der Waals surface area contributed by atoms with Crippen LogP contribution in [0.25, 0.3) is 0 Å². The van der Waals surface area contributed by atoms with E-state index in [9.17, 15) is 4.79 Å². The molecule has 0 aromatic carbocycles. The van der Waals surface area contributed by atoms with E-state index in [0.29, 0.717) is 19.1 Å². The van der Waals surface area contributed by atoms with Crippen LogP contribution in [-0.2, 0) is 9.47 Å². The third kappa shape index (κ3) is 7.78. The maximum atomic E-state index is 10.9. The molecular formula is C10H20N2O3. The van der Waals surface area contributed by atoms with Crippen LogP contribution in [0.4, 0.5) is 4.79 Å². The second kappa shape index (κ2) is 9.30. The molecule has 0 aliphatic heterocycles. The minimum absolute atomic E-state index is 0.334. The van der Waals surface area contributed by atoms with E-state index in [-0.39, 0.29) is 0 Å². The summed E-state index contributed by atoms with van der Waals surface area (Å²) in [7, 11) is 0. The Morgan fingerprint density at radius 3 is 2.40 bits per heavy atom. The van der Waals surface area contributed by atoms with Crippen LogP contribution in [0.2, 0.25) is 0 Å². The van der Waals surface area contributed by atoms with E-state index in [1.807, 2.05) is 6.92 Å². The molecule has 0 unspecified atom stereocenters. The molecule has 0 fully saturated rings. The van der Waals surface area contributed by atoms with Gasteiger partial charge in [0, 0.05) is 6.42 Å². The summed E-state index contributed by atoms with van der Waals surface area (Å²) in [6, 6.07) is 0. The highest BCUT2D eigenvalue weighted by molar-refractivity contribution is 5.78. The Labute approximate surface area is 90.8 Å². The van der Waals surface area contributed by atoms with Crippen LogP contribution in [0.1, 0.15) is 40.0 Å². The number of ether oxygens (including phenoxy) is 2. The van der Waals surface area contributed by atoms with Crippen molar-refractivity contribution in [1.82, 2.24) is 5.43 Å². The Hall–Kier alpha value is -1.26. The lowest BCUT2D eigenvalue weighted by Crippen LogP contribution is -2.21. The highest BCUT2D eigenvalue weighted by Crippen LogP contribution is 1.98. The number of hydrogen-bond donors (Lipinski definition) is 1. The zero-order chi connectivity index (χ0) is 11.5. The third-order valence-corrected chi connectivity index (χ3v) is 1.60. The van der Waals surface area contributed by atoms with Crippen LogP contribution in [-0.4, -0.2) is 25.2 Å². The smallest absolute Gasteiger partial charge is 0.427 e. The lowest BCUT2D eigenvalue weighted by Gasteiger charge is -2.06. The van der Waals surface area contributed by atoms with E-state index in [2.05, 4.69) is 22.2 Å². The molecule has 88 valence electrons. The summed E-state index contributed by atoms with van der Waals surface area (Å²) in [5, 5.41) is 3.84. The standard InChI is InChI=1S/C10H20N2O3/c1-4-7-8-9(14-5-2)11-12-10(13)15-6-3/h4-8H2,1-3H3,(H,12,13). The summed E-state index contributed by atoms with van der Waals surface area (Å²) in [6.45, 7) is 6.59. The molecule has 0 radical (unpaired) electrons. The van der Waals surface area contributed by atoms with Crippen molar-refractivity contribution < 1.29 is 14.3 Å². The predicted octanol–water partition coefficient (Wildman–Crippen LogP) is 2.27. The van der Waals surface area contributed by atoms with Gasteiger partial charge >= 0.3 is 6.09 Å². The Morgan fingerprint density at radius 1 is 1.20 bits per heavy atom. The lowest BCUT2D eigenvalue weighted by molar-refractivity contribution is 0.152. The highest BCUT2D eigenvalue weighted by Gasteiger charge is 2.02. The third-order valence-electron chi connectivity index (χ3n) is 1.60. The molecule has 0 atom stereocenters. The summed E-state index contributed by atoms with van der Waals surface area (Å²) < 4.78 is 9.91. The topological polar surface area (TPSA) is 59.9 Å². The fraction of sp³-hybridized carbons (Fsp3) is 0.800. The molecule has 0 saturated carbocycles. The molecule has 0 aromatic heterocycles. The van der Waals surface area contributed by atoms with E-state index in [1.54, 1.807) is 6.92 Å². The van der Waals surface area contributed by atoms with Gasteiger partial charge in [0.25, 0.3) is 0 Å². The van der Waals surface area contributed by atoms with E-state index in [1.165, 1.54) is 0 Å². The first-order chi connectivity index (χ1) is 7.24. The molecular weight excluding hydrogens is 196 g/mol. The van der Waals surface area contributed by atoms with Gasteiger partial charge in [-0.3, -0.25) is 0 Å². The van der Waals surface area contributed by atoms with Gasteiger partial charge in [0.1, 0.15) is 0 Å². The van der Waals surface area contributed by atoms with E-state index in [4.69, 9.17) is 4.74 Å². The average molecular weight is 216 g/mol. The summed E-state index contributed by atoms with van der Waals surface area (Å²) in [6.07, 6.45) is 2.23. The van der Waals surface area contributed by atoms with Crippen LogP contribution >= 0.6 is 0 Å². The largest absolute Gasteiger partial charge is 0.480 e. The van der Waals surface area contributed by atoms with Crippen molar-refractivity contribution in [2.45, 2.75) is 40.0 Å². The minimum Gasteiger partial charge on any atom is -0.480 e. The molecule has 15 heavy (non-hydrogen) atoms. The minimum atomic E-state index is -0.550. The second-order valence-electron chi connectivity index (χ2n) is 2.87. The second-order valence-corrected chi connectivity index (χ2v) is 2.87. The summed E-state index contributed by atoms with van der Waals surface area (Å²) >= 11 is 0. The maximum absolute atomic E-state index is 10.9. The van der Waals surface area contributed by atoms with Crippen LogP contribution < -0.4 is 5.43 Å². The fourth-order valence-corrected chi connectivity index (χ4v) is 0.926. The first kappa shape index (κ1) is 13.7. The number of nitrogens with one attached hydrogen (secondary N) is 1. The van der Waals surface area contributed by atoms with E-state index < -0.39 is 6.09 Å². The maximum Gasteiger partial charge on any atom is 0.427 e. The van der Waals surface area contributed by atoms with Gasteiger partial charge in [-0.05, 0) is 20.3 Å². The number of carbonyl (C=O) groups excluding carboxylic acids is 1. The van der Waals surface area contributed by atoms with Gasteiger partial charge in [0.05, 0.1) is 13.2 Å². The van der Waals surface area contributed by atoms with Crippen molar-refractivity contribution in [3.63, 3.8) is 0 Å². The summed E-state index contributed by atoms with van der Waals surface area (Å²) in [5.41, 5.74) is 2.28. The average Bonchev–Trinajstić information content (AvgIpc) is 2.22. The fourth-order valence-electron chi connectivity index (χ4n) is 0.926. The molecule has 1 amide bonds.